The van der Waals surface area contributed by atoms with E-state index in [2.05, 4.69) is 22.2 Å². The van der Waals surface area contributed by atoms with E-state index in [-0.39, 0.29) is 16.0 Å². The van der Waals surface area contributed by atoms with Crippen molar-refractivity contribution < 1.29 is 13.3 Å². The Morgan fingerprint density at radius 1 is 1.16 bits per heavy atom. The number of rotatable bonds is 7. The molecule has 2 N–H and O–H groups in total. The van der Waals surface area contributed by atoms with Gasteiger partial charge in [-0.3, -0.25) is 10.1 Å². The molecule has 0 aromatic heterocycles. The highest BCUT2D eigenvalue weighted by molar-refractivity contribution is 7.89. The second kappa shape index (κ2) is 6.45. The van der Waals surface area contributed by atoms with Crippen LogP contribution >= 0.6 is 0 Å². The highest BCUT2D eigenvalue weighted by Gasteiger charge is 2.44. The van der Waals surface area contributed by atoms with Gasteiger partial charge in [-0.05, 0) is 37.6 Å². The highest BCUT2D eigenvalue weighted by Crippen LogP contribution is 2.48. The van der Waals surface area contributed by atoms with Gasteiger partial charge in [-0.2, -0.15) is 0 Å². The Kier molecular flexibility index (Phi) is 4.49. The van der Waals surface area contributed by atoms with Crippen molar-refractivity contribution in [2.24, 2.45) is 0 Å². The molecule has 0 atom stereocenters. The van der Waals surface area contributed by atoms with Crippen LogP contribution in [0.5, 0.6) is 0 Å². The lowest BCUT2D eigenvalue weighted by Gasteiger charge is -2.17. The normalized spacial score (nSPS) is 15.6. The maximum atomic E-state index is 11.8. The van der Waals surface area contributed by atoms with E-state index in [0.29, 0.717) is 12.2 Å². The van der Waals surface area contributed by atoms with Gasteiger partial charge in [0.1, 0.15) is 5.69 Å². The van der Waals surface area contributed by atoms with E-state index >= 15 is 0 Å². The third-order valence-corrected chi connectivity index (χ3v) is 6.01. The molecule has 0 spiro atoms. The first kappa shape index (κ1) is 17.4. The minimum Gasteiger partial charge on any atom is -0.379 e. The van der Waals surface area contributed by atoms with Crippen molar-refractivity contribution in [1.82, 2.24) is 4.72 Å². The predicted octanol–water partition coefficient (Wildman–Crippen LogP) is 2.65. The molecule has 0 heterocycles. The van der Waals surface area contributed by atoms with Crippen molar-refractivity contribution in [3.05, 3.63) is 64.2 Å². The molecule has 25 heavy (non-hydrogen) atoms. The lowest BCUT2D eigenvalue weighted by atomic mass is 9.96. The molecule has 0 unspecified atom stereocenters. The summed E-state index contributed by atoms with van der Waals surface area (Å²) < 4.78 is 25.9. The van der Waals surface area contributed by atoms with Crippen LogP contribution in [0.1, 0.15) is 18.4 Å². The van der Waals surface area contributed by atoms with Gasteiger partial charge in [-0.1, -0.05) is 30.3 Å². The van der Waals surface area contributed by atoms with Crippen LogP contribution in [-0.4, -0.2) is 26.9 Å². The summed E-state index contributed by atoms with van der Waals surface area (Å²) in [6, 6.07) is 13.9. The second-order valence-electron chi connectivity index (χ2n) is 6.14. The van der Waals surface area contributed by atoms with E-state index in [1.165, 1.54) is 24.7 Å². The summed E-state index contributed by atoms with van der Waals surface area (Å²) in [6.45, 7) is 0.565. The van der Waals surface area contributed by atoms with Crippen LogP contribution in [0.4, 0.5) is 11.4 Å². The van der Waals surface area contributed by atoms with E-state index < -0.39 is 14.9 Å². The number of nitrogens with one attached hydrogen (secondary N) is 2. The van der Waals surface area contributed by atoms with Gasteiger partial charge < -0.3 is 5.32 Å². The van der Waals surface area contributed by atoms with Crippen LogP contribution < -0.4 is 10.0 Å². The average molecular weight is 361 g/mol. The van der Waals surface area contributed by atoms with Crippen LogP contribution in [0, 0.1) is 10.1 Å². The molecule has 0 aliphatic heterocycles. The summed E-state index contributed by atoms with van der Waals surface area (Å²) in [5, 5.41) is 14.5. The number of nitro groups is 1. The number of sulfonamides is 1. The van der Waals surface area contributed by atoms with Crippen LogP contribution in [0.25, 0.3) is 0 Å². The first-order chi connectivity index (χ1) is 11.9. The molecule has 1 aliphatic rings. The summed E-state index contributed by atoms with van der Waals surface area (Å²) in [4.78, 5) is 10.7. The molecule has 0 saturated heterocycles. The molecule has 3 rings (SSSR count). The van der Waals surface area contributed by atoms with Crippen LogP contribution in [-0.2, 0) is 15.4 Å². The Bertz CT molecular complexity index is 893. The third kappa shape index (κ3) is 3.49. The molecule has 1 fully saturated rings. The quantitative estimate of drug-likeness (QED) is 0.583. The summed E-state index contributed by atoms with van der Waals surface area (Å²) in [5.41, 5.74) is 1.27. The predicted molar refractivity (Wildman–Crippen MR) is 95.2 cm³/mol. The molecular weight excluding hydrogens is 342 g/mol. The number of anilines is 1. The number of hydrogen-bond acceptors (Lipinski definition) is 5. The van der Waals surface area contributed by atoms with Crippen molar-refractivity contribution in [2.75, 3.05) is 18.9 Å². The van der Waals surface area contributed by atoms with Crippen molar-refractivity contribution in [3.63, 3.8) is 0 Å². The summed E-state index contributed by atoms with van der Waals surface area (Å²) in [6.07, 6.45) is 2.04. The summed E-state index contributed by atoms with van der Waals surface area (Å²) in [7, 11) is -2.46. The first-order valence-electron chi connectivity index (χ1n) is 7.89. The second-order valence-corrected chi connectivity index (χ2v) is 8.03. The molecule has 2 aromatic carbocycles. The molecule has 0 bridgehead atoms. The minimum atomic E-state index is -3.73. The number of hydrogen-bond donors (Lipinski definition) is 2. The van der Waals surface area contributed by atoms with E-state index in [0.717, 1.165) is 18.9 Å². The lowest BCUT2D eigenvalue weighted by Crippen LogP contribution is -2.21. The number of nitro benzene ring substituents is 1. The Labute approximate surface area is 146 Å². The monoisotopic (exact) mass is 361 g/mol. The van der Waals surface area contributed by atoms with Gasteiger partial charge in [0.05, 0.1) is 9.82 Å². The molecule has 0 amide bonds. The Morgan fingerprint density at radius 3 is 2.40 bits per heavy atom. The molecule has 132 valence electrons. The fraction of sp³-hybridized carbons (Fsp3) is 0.294. The van der Waals surface area contributed by atoms with E-state index in [1.807, 2.05) is 18.2 Å². The molecular formula is C17H19N3O4S. The Hall–Kier alpha value is -2.45. The van der Waals surface area contributed by atoms with Gasteiger partial charge in [-0.25, -0.2) is 13.1 Å². The molecule has 7 nitrogen and oxygen atoms in total. The van der Waals surface area contributed by atoms with Gasteiger partial charge in [0.2, 0.25) is 10.0 Å². The van der Waals surface area contributed by atoms with Crippen molar-refractivity contribution in [2.45, 2.75) is 23.2 Å². The van der Waals surface area contributed by atoms with Crippen molar-refractivity contribution in [1.29, 1.82) is 0 Å². The van der Waals surface area contributed by atoms with Crippen LogP contribution in [0.3, 0.4) is 0 Å². The summed E-state index contributed by atoms with van der Waals surface area (Å²) >= 11 is 0. The minimum absolute atomic E-state index is 0.00908. The van der Waals surface area contributed by atoms with Gasteiger partial charge in [0, 0.05) is 18.0 Å². The Morgan fingerprint density at radius 2 is 1.84 bits per heavy atom. The lowest BCUT2D eigenvalue weighted by molar-refractivity contribution is -0.384. The maximum absolute atomic E-state index is 11.8. The van der Waals surface area contributed by atoms with Gasteiger partial charge >= 0.3 is 0 Å². The average Bonchev–Trinajstić information content (AvgIpc) is 3.41. The fourth-order valence-corrected chi connectivity index (χ4v) is 3.62. The van der Waals surface area contributed by atoms with Crippen molar-refractivity contribution >= 4 is 21.4 Å². The third-order valence-electron chi connectivity index (χ3n) is 4.60. The molecule has 1 aliphatic carbocycles. The van der Waals surface area contributed by atoms with E-state index in [4.69, 9.17) is 0 Å². The smallest absolute Gasteiger partial charge is 0.293 e. The van der Waals surface area contributed by atoms with E-state index in [1.54, 1.807) is 0 Å². The van der Waals surface area contributed by atoms with Gasteiger partial charge in [-0.15, -0.1) is 0 Å². The molecule has 8 heteroatoms. The maximum Gasteiger partial charge on any atom is 0.293 e. The standard InChI is InChI=1S/C17H19N3O4S/c1-18-25(23,24)14-7-8-15(16(11-14)20(21)22)19-12-17(9-10-17)13-5-3-2-4-6-13/h2-8,11,18-19H,9-10,12H2,1H3. The van der Waals surface area contributed by atoms with Gasteiger partial charge in [0.15, 0.2) is 0 Å². The Balaban J connectivity index is 1.85. The zero-order valence-electron chi connectivity index (χ0n) is 13.7. The zero-order chi connectivity index (χ0) is 18.1. The molecule has 0 radical (unpaired) electrons. The molecule has 2 aromatic rings. The number of benzene rings is 2. The highest BCUT2D eigenvalue weighted by atomic mass is 32.2. The van der Waals surface area contributed by atoms with Crippen molar-refractivity contribution in [3.8, 4) is 0 Å². The van der Waals surface area contributed by atoms with Crippen LogP contribution in [0.2, 0.25) is 0 Å². The zero-order valence-corrected chi connectivity index (χ0v) is 14.5. The fourth-order valence-electron chi connectivity index (χ4n) is 2.87. The van der Waals surface area contributed by atoms with E-state index in [9.17, 15) is 18.5 Å². The first-order valence-corrected chi connectivity index (χ1v) is 9.38. The largest absolute Gasteiger partial charge is 0.379 e. The topological polar surface area (TPSA) is 101 Å². The summed E-state index contributed by atoms with van der Waals surface area (Å²) in [5.74, 6) is 0. The molecule has 1 saturated carbocycles. The number of nitrogens with zero attached hydrogens (tertiary/aromatic N) is 1. The van der Waals surface area contributed by atoms with Crippen LogP contribution in [0.15, 0.2) is 53.4 Å². The van der Waals surface area contributed by atoms with Gasteiger partial charge in [0.25, 0.3) is 5.69 Å². The SMILES string of the molecule is CNS(=O)(=O)c1ccc(NCC2(c3ccccc3)CC2)c([N+](=O)[O-])c1.